The van der Waals surface area contributed by atoms with Gasteiger partial charge in [-0.15, -0.1) is 0 Å². The van der Waals surface area contributed by atoms with E-state index in [-0.39, 0.29) is 17.9 Å². The van der Waals surface area contributed by atoms with Crippen molar-refractivity contribution in [3.63, 3.8) is 0 Å². The molecule has 0 aliphatic carbocycles. The lowest BCUT2D eigenvalue weighted by atomic mass is 9.94. The van der Waals surface area contributed by atoms with E-state index < -0.39 is 30.5 Å². The second kappa shape index (κ2) is 7.90. The largest absolute Gasteiger partial charge is 0.507 e. The molecular weight excluding hydrogens is 350 g/mol. The summed E-state index contributed by atoms with van der Waals surface area (Å²) in [6.07, 6.45) is 0.335. The number of methoxy groups -OCH3 is 1. The molecule has 0 radical (unpaired) electrons. The summed E-state index contributed by atoms with van der Waals surface area (Å²) in [4.78, 5) is 38.2. The van der Waals surface area contributed by atoms with Crippen molar-refractivity contribution in [2.24, 2.45) is 0 Å². The minimum Gasteiger partial charge on any atom is -0.507 e. The van der Waals surface area contributed by atoms with Gasteiger partial charge in [0.15, 0.2) is 6.61 Å². The zero-order valence-electron chi connectivity index (χ0n) is 14.8. The Hall–Kier alpha value is -3.35. The first-order valence-electron chi connectivity index (χ1n) is 8.40. The van der Waals surface area contributed by atoms with Crippen LogP contribution in [-0.4, -0.2) is 47.6 Å². The van der Waals surface area contributed by atoms with Crippen LogP contribution in [0.2, 0.25) is 0 Å². The van der Waals surface area contributed by atoms with E-state index in [1.54, 1.807) is 12.1 Å². The van der Waals surface area contributed by atoms with Crippen molar-refractivity contribution in [1.29, 1.82) is 0 Å². The van der Waals surface area contributed by atoms with Gasteiger partial charge in [-0.1, -0.05) is 36.4 Å². The molecule has 1 aliphatic rings. The van der Waals surface area contributed by atoms with E-state index in [0.29, 0.717) is 6.42 Å². The molecule has 0 saturated carbocycles. The zero-order valence-corrected chi connectivity index (χ0v) is 14.8. The highest BCUT2D eigenvalue weighted by Crippen LogP contribution is 2.24. The molecule has 7 heteroatoms. The highest BCUT2D eigenvalue weighted by atomic mass is 16.5. The molecule has 1 heterocycles. The van der Waals surface area contributed by atoms with Crippen LogP contribution in [0.5, 0.6) is 5.75 Å². The number of fused-ring (bicyclic) bond motifs is 1. The Kier molecular flexibility index (Phi) is 5.40. The van der Waals surface area contributed by atoms with Gasteiger partial charge < -0.3 is 19.5 Å². The summed E-state index contributed by atoms with van der Waals surface area (Å²) >= 11 is 0. The van der Waals surface area contributed by atoms with Gasteiger partial charge in [-0.3, -0.25) is 4.79 Å². The Labute approximate surface area is 156 Å². The van der Waals surface area contributed by atoms with Crippen molar-refractivity contribution in [3.05, 3.63) is 65.2 Å². The summed E-state index contributed by atoms with van der Waals surface area (Å²) in [6.45, 7) is -0.314. The Morgan fingerprint density at radius 3 is 2.44 bits per heavy atom. The molecule has 0 fully saturated rings. The number of esters is 2. The van der Waals surface area contributed by atoms with Crippen LogP contribution in [0, 0.1) is 0 Å². The van der Waals surface area contributed by atoms with Crippen LogP contribution in [0.4, 0.5) is 0 Å². The van der Waals surface area contributed by atoms with E-state index in [4.69, 9.17) is 9.47 Å². The molecule has 0 aromatic heterocycles. The Bertz CT molecular complexity index is 878. The van der Waals surface area contributed by atoms with E-state index in [1.165, 1.54) is 24.1 Å². The quantitative estimate of drug-likeness (QED) is 0.824. The predicted octanol–water partition coefficient (Wildman–Crippen LogP) is 1.68. The lowest BCUT2D eigenvalue weighted by molar-refractivity contribution is -0.155. The van der Waals surface area contributed by atoms with Crippen LogP contribution in [0.1, 0.15) is 21.5 Å². The van der Waals surface area contributed by atoms with Crippen LogP contribution in [0.25, 0.3) is 0 Å². The second-order valence-corrected chi connectivity index (χ2v) is 6.13. The van der Waals surface area contributed by atoms with Gasteiger partial charge in [0.2, 0.25) is 0 Å². The van der Waals surface area contributed by atoms with Gasteiger partial charge in [-0.25, -0.2) is 9.59 Å². The average Bonchev–Trinajstić information content (AvgIpc) is 2.70. The van der Waals surface area contributed by atoms with Gasteiger partial charge in [0, 0.05) is 13.0 Å². The summed E-state index contributed by atoms with van der Waals surface area (Å²) < 4.78 is 9.85. The first kappa shape index (κ1) is 18.4. The third-order valence-electron chi connectivity index (χ3n) is 4.49. The fraction of sp³-hybridized carbons (Fsp3) is 0.250. The van der Waals surface area contributed by atoms with Gasteiger partial charge in [0.25, 0.3) is 5.91 Å². The Balaban J connectivity index is 1.73. The number of benzene rings is 2. The molecule has 1 atom stereocenters. The summed E-state index contributed by atoms with van der Waals surface area (Å²) in [7, 11) is 1.27. The molecular formula is C20H19NO6. The number of carbonyl (C=O) groups excluding carboxylic acids is 3. The summed E-state index contributed by atoms with van der Waals surface area (Å²) in [6, 6.07) is 12.7. The monoisotopic (exact) mass is 369 g/mol. The van der Waals surface area contributed by atoms with E-state index in [0.717, 1.165) is 11.1 Å². The van der Waals surface area contributed by atoms with Crippen molar-refractivity contribution in [2.75, 3.05) is 13.7 Å². The van der Waals surface area contributed by atoms with Crippen molar-refractivity contribution < 1.29 is 29.0 Å². The highest BCUT2D eigenvalue weighted by molar-refractivity contribution is 5.94. The molecule has 0 saturated heterocycles. The number of para-hydroxylation sites is 1. The zero-order chi connectivity index (χ0) is 19.4. The number of rotatable bonds is 4. The number of amides is 1. The van der Waals surface area contributed by atoms with Gasteiger partial charge in [-0.05, 0) is 23.3 Å². The molecule has 27 heavy (non-hydrogen) atoms. The van der Waals surface area contributed by atoms with Crippen LogP contribution < -0.4 is 0 Å². The SMILES string of the molecule is COC(=O)[C@@H]1Cc2ccccc2CN1C(=O)COC(=O)c1ccccc1O. The van der Waals surface area contributed by atoms with Crippen LogP contribution in [-0.2, 0) is 32.0 Å². The Morgan fingerprint density at radius 2 is 1.74 bits per heavy atom. The van der Waals surface area contributed by atoms with Crippen LogP contribution in [0.3, 0.4) is 0 Å². The second-order valence-electron chi connectivity index (χ2n) is 6.13. The number of ether oxygens (including phenoxy) is 2. The molecule has 3 rings (SSSR count). The van der Waals surface area contributed by atoms with E-state index >= 15 is 0 Å². The number of nitrogens with zero attached hydrogens (tertiary/aromatic N) is 1. The topological polar surface area (TPSA) is 93.1 Å². The molecule has 2 aromatic carbocycles. The van der Waals surface area contributed by atoms with E-state index in [1.807, 2.05) is 24.3 Å². The minimum absolute atomic E-state index is 0.0289. The van der Waals surface area contributed by atoms with Crippen molar-refractivity contribution in [2.45, 2.75) is 19.0 Å². The van der Waals surface area contributed by atoms with Gasteiger partial charge in [0.1, 0.15) is 17.4 Å². The molecule has 0 unspecified atom stereocenters. The third kappa shape index (κ3) is 3.92. The molecule has 140 valence electrons. The lowest BCUT2D eigenvalue weighted by Gasteiger charge is -2.35. The maximum absolute atomic E-state index is 12.6. The maximum atomic E-state index is 12.6. The first-order chi connectivity index (χ1) is 13.0. The number of aromatic hydroxyl groups is 1. The number of hydrogen-bond acceptors (Lipinski definition) is 6. The molecule has 0 bridgehead atoms. The standard InChI is InChI=1S/C20H19NO6/c1-26-20(25)16-10-13-6-2-3-7-14(13)11-21(16)18(23)12-27-19(24)15-8-4-5-9-17(15)22/h2-9,16,22H,10-12H2,1H3/t16-/m0/s1. The fourth-order valence-electron chi connectivity index (χ4n) is 3.07. The summed E-state index contributed by atoms with van der Waals surface area (Å²) in [5.74, 6) is -2.07. The molecule has 0 spiro atoms. The molecule has 1 amide bonds. The number of hydrogen-bond donors (Lipinski definition) is 1. The normalized spacial score (nSPS) is 15.6. The predicted molar refractivity (Wildman–Crippen MR) is 94.9 cm³/mol. The Morgan fingerprint density at radius 1 is 1.07 bits per heavy atom. The van der Waals surface area contributed by atoms with Crippen LogP contribution >= 0.6 is 0 Å². The minimum atomic E-state index is -0.812. The number of carbonyl (C=O) groups is 3. The highest BCUT2D eigenvalue weighted by Gasteiger charge is 2.35. The molecule has 1 aliphatic heterocycles. The first-order valence-corrected chi connectivity index (χ1v) is 8.40. The van der Waals surface area contributed by atoms with Crippen molar-refractivity contribution in [1.82, 2.24) is 4.90 Å². The molecule has 2 aromatic rings. The molecule has 1 N–H and O–H groups in total. The van der Waals surface area contributed by atoms with Gasteiger partial charge >= 0.3 is 11.9 Å². The van der Waals surface area contributed by atoms with Crippen molar-refractivity contribution in [3.8, 4) is 5.75 Å². The van der Waals surface area contributed by atoms with E-state index in [9.17, 15) is 19.5 Å². The van der Waals surface area contributed by atoms with Crippen molar-refractivity contribution >= 4 is 17.8 Å². The van der Waals surface area contributed by atoms with Gasteiger partial charge in [0.05, 0.1) is 7.11 Å². The summed E-state index contributed by atoms with van der Waals surface area (Å²) in [5.41, 5.74) is 1.87. The maximum Gasteiger partial charge on any atom is 0.342 e. The molecule has 7 nitrogen and oxygen atoms in total. The third-order valence-corrected chi connectivity index (χ3v) is 4.49. The lowest BCUT2D eigenvalue weighted by Crippen LogP contribution is -2.50. The summed E-state index contributed by atoms with van der Waals surface area (Å²) in [5, 5.41) is 9.69. The number of phenols is 1. The van der Waals surface area contributed by atoms with E-state index in [2.05, 4.69) is 0 Å². The van der Waals surface area contributed by atoms with Crippen LogP contribution in [0.15, 0.2) is 48.5 Å². The fourth-order valence-corrected chi connectivity index (χ4v) is 3.07. The number of phenolic OH excluding ortho intramolecular Hbond substituents is 1. The smallest absolute Gasteiger partial charge is 0.342 e. The average molecular weight is 369 g/mol. The van der Waals surface area contributed by atoms with Gasteiger partial charge in [-0.2, -0.15) is 0 Å².